The van der Waals surface area contributed by atoms with Crippen LogP contribution in [0.5, 0.6) is 0 Å². The third-order valence-electron chi connectivity index (χ3n) is 5.82. The highest BCUT2D eigenvalue weighted by Gasteiger charge is 2.56. The lowest BCUT2D eigenvalue weighted by Gasteiger charge is -2.23. The zero-order valence-electron chi connectivity index (χ0n) is 14.6. The number of fused-ring (bicyclic) bond motifs is 1. The minimum atomic E-state index is -1.13. The first kappa shape index (κ1) is 17.7. The Morgan fingerprint density at radius 2 is 2.00 bits per heavy atom. The number of rotatable bonds is 4. The molecule has 2 aliphatic heterocycles. The molecule has 3 aliphatic rings. The molecule has 1 aromatic carbocycles. The van der Waals surface area contributed by atoms with Gasteiger partial charge in [0.25, 0.3) is 0 Å². The van der Waals surface area contributed by atoms with Crippen LogP contribution in [0.3, 0.4) is 0 Å². The number of benzene rings is 1. The SMILES string of the molecule is N#Cc1ccc(N2C[C@@H]3C(NCC(=O)N4C[C@@H](F)C[C@H]4C#N)[C@@H]3C2)c(F)c1. The molecule has 2 heterocycles. The van der Waals surface area contributed by atoms with E-state index in [1.54, 1.807) is 12.1 Å². The summed E-state index contributed by atoms with van der Waals surface area (Å²) in [5.74, 6) is 0.0354. The first-order chi connectivity index (χ1) is 13.0. The molecule has 6 nitrogen and oxygen atoms in total. The highest BCUT2D eigenvalue weighted by Crippen LogP contribution is 2.47. The molecule has 140 valence electrons. The quantitative estimate of drug-likeness (QED) is 0.860. The molecule has 3 fully saturated rings. The van der Waals surface area contributed by atoms with E-state index >= 15 is 0 Å². The second kappa shape index (κ2) is 6.79. The molecule has 1 saturated carbocycles. The van der Waals surface area contributed by atoms with Crippen LogP contribution in [0.4, 0.5) is 14.5 Å². The molecule has 0 aromatic heterocycles. The number of nitrogens with one attached hydrogen (secondary N) is 1. The fraction of sp³-hybridized carbons (Fsp3) is 0.526. The van der Waals surface area contributed by atoms with E-state index in [2.05, 4.69) is 5.32 Å². The van der Waals surface area contributed by atoms with Crippen molar-refractivity contribution in [2.24, 2.45) is 11.8 Å². The van der Waals surface area contributed by atoms with Gasteiger partial charge >= 0.3 is 0 Å². The van der Waals surface area contributed by atoms with Gasteiger partial charge in [-0.15, -0.1) is 0 Å². The van der Waals surface area contributed by atoms with Gasteiger partial charge in [0.1, 0.15) is 18.0 Å². The summed E-state index contributed by atoms with van der Waals surface area (Å²) >= 11 is 0. The Morgan fingerprint density at radius 3 is 2.63 bits per heavy atom. The van der Waals surface area contributed by atoms with Gasteiger partial charge in [0.15, 0.2) is 0 Å². The lowest BCUT2D eigenvalue weighted by molar-refractivity contribution is -0.130. The second-order valence-electron chi connectivity index (χ2n) is 7.44. The monoisotopic (exact) mass is 371 g/mol. The second-order valence-corrected chi connectivity index (χ2v) is 7.44. The maximum absolute atomic E-state index is 14.1. The number of hydrogen-bond donors (Lipinski definition) is 1. The molecule has 5 atom stereocenters. The van der Waals surface area contributed by atoms with Crippen LogP contribution >= 0.6 is 0 Å². The summed E-state index contributed by atoms with van der Waals surface area (Å²) in [7, 11) is 0. The molecule has 8 heteroatoms. The fourth-order valence-electron chi connectivity index (χ4n) is 4.35. The van der Waals surface area contributed by atoms with E-state index in [0.717, 1.165) is 0 Å². The normalized spacial score (nSPS) is 31.3. The molecule has 1 aliphatic carbocycles. The van der Waals surface area contributed by atoms with Crippen molar-refractivity contribution in [2.75, 3.05) is 31.1 Å². The third-order valence-corrected chi connectivity index (χ3v) is 5.82. The largest absolute Gasteiger partial charge is 0.368 e. The molecular weight excluding hydrogens is 352 g/mol. The molecule has 0 bridgehead atoms. The van der Waals surface area contributed by atoms with Gasteiger partial charge in [-0.1, -0.05) is 0 Å². The van der Waals surface area contributed by atoms with Crippen LogP contribution in [0.2, 0.25) is 0 Å². The van der Waals surface area contributed by atoms with E-state index in [-0.39, 0.29) is 31.5 Å². The Hall–Kier alpha value is -2.71. The van der Waals surface area contributed by atoms with E-state index in [9.17, 15) is 13.6 Å². The van der Waals surface area contributed by atoms with Crippen molar-refractivity contribution in [3.05, 3.63) is 29.6 Å². The Bertz CT molecular complexity index is 835. The first-order valence-corrected chi connectivity index (χ1v) is 9.03. The molecule has 1 N–H and O–H groups in total. The van der Waals surface area contributed by atoms with Crippen LogP contribution in [0.25, 0.3) is 0 Å². The third kappa shape index (κ3) is 3.22. The first-order valence-electron chi connectivity index (χ1n) is 9.03. The Morgan fingerprint density at radius 1 is 1.26 bits per heavy atom. The van der Waals surface area contributed by atoms with Crippen molar-refractivity contribution in [3.63, 3.8) is 0 Å². The van der Waals surface area contributed by atoms with E-state index in [0.29, 0.717) is 36.2 Å². The topological polar surface area (TPSA) is 83.2 Å². The molecule has 2 saturated heterocycles. The Labute approximate surface area is 156 Å². The lowest BCUT2D eigenvalue weighted by Crippen LogP contribution is -2.43. The summed E-state index contributed by atoms with van der Waals surface area (Å²) in [4.78, 5) is 15.5. The molecule has 1 unspecified atom stereocenters. The van der Waals surface area contributed by atoms with Crippen LogP contribution in [0.1, 0.15) is 12.0 Å². The van der Waals surface area contributed by atoms with Crippen LogP contribution < -0.4 is 10.2 Å². The zero-order valence-corrected chi connectivity index (χ0v) is 14.6. The average molecular weight is 371 g/mol. The lowest BCUT2D eigenvalue weighted by atomic mass is 10.2. The minimum absolute atomic E-state index is 0.0119. The van der Waals surface area contributed by atoms with Crippen LogP contribution in [0, 0.1) is 40.3 Å². The van der Waals surface area contributed by atoms with Gasteiger partial charge in [-0.05, 0) is 30.0 Å². The van der Waals surface area contributed by atoms with Crippen LogP contribution in [0.15, 0.2) is 18.2 Å². The zero-order chi connectivity index (χ0) is 19.1. The van der Waals surface area contributed by atoms with E-state index in [4.69, 9.17) is 10.5 Å². The number of hydrogen-bond acceptors (Lipinski definition) is 5. The van der Waals surface area contributed by atoms with E-state index in [1.165, 1.54) is 11.0 Å². The number of anilines is 1. The number of likely N-dealkylation sites (tertiary alicyclic amines) is 1. The van der Waals surface area contributed by atoms with Crippen molar-refractivity contribution in [1.29, 1.82) is 10.5 Å². The Balaban J connectivity index is 1.28. The number of nitrogens with zero attached hydrogens (tertiary/aromatic N) is 4. The molecule has 1 amide bonds. The molecular formula is C19H19F2N5O. The number of nitriles is 2. The van der Waals surface area contributed by atoms with Crippen molar-refractivity contribution in [2.45, 2.75) is 24.7 Å². The smallest absolute Gasteiger partial charge is 0.237 e. The van der Waals surface area contributed by atoms with Crippen LogP contribution in [-0.2, 0) is 4.79 Å². The predicted molar refractivity (Wildman–Crippen MR) is 92.7 cm³/mol. The minimum Gasteiger partial charge on any atom is -0.368 e. The number of carbonyl (C=O) groups excluding carboxylic acids is 1. The molecule has 1 aromatic rings. The molecule has 4 rings (SSSR count). The number of amides is 1. The molecule has 0 spiro atoms. The van der Waals surface area contributed by atoms with Gasteiger partial charge in [0, 0.05) is 25.6 Å². The predicted octanol–water partition coefficient (Wildman–Crippen LogP) is 1.18. The van der Waals surface area contributed by atoms with Crippen molar-refractivity contribution in [3.8, 4) is 12.1 Å². The van der Waals surface area contributed by atoms with E-state index < -0.39 is 18.0 Å². The highest BCUT2D eigenvalue weighted by molar-refractivity contribution is 5.79. The number of carbonyl (C=O) groups is 1. The summed E-state index contributed by atoms with van der Waals surface area (Å²) in [6.45, 7) is 1.46. The molecule has 27 heavy (non-hydrogen) atoms. The maximum atomic E-state index is 14.1. The molecule has 0 radical (unpaired) electrons. The van der Waals surface area contributed by atoms with Crippen molar-refractivity contribution in [1.82, 2.24) is 10.2 Å². The standard InChI is InChI=1S/C19H19F2N5O/c20-12-4-13(6-23)26(8-12)18(27)7-24-19-14-9-25(10-15(14)19)17-2-1-11(5-22)3-16(17)21/h1-3,12-15,19,24H,4,7-10H2/t12-,13-,14-,15+,19?/m0/s1. The highest BCUT2D eigenvalue weighted by atomic mass is 19.1. The summed E-state index contributed by atoms with van der Waals surface area (Å²) in [5, 5.41) is 21.1. The number of halogens is 2. The summed E-state index contributed by atoms with van der Waals surface area (Å²) in [6.07, 6.45) is -1.04. The van der Waals surface area contributed by atoms with E-state index in [1.807, 2.05) is 17.0 Å². The van der Waals surface area contributed by atoms with Gasteiger partial charge in [0.2, 0.25) is 5.91 Å². The summed E-state index contributed by atoms with van der Waals surface area (Å²) in [5.41, 5.74) is 0.797. The summed E-state index contributed by atoms with van der Waals surface area (Å²) < 4.78 is 27.6. The average Bonchev–Trinajstić information content (AvgIpc) is 2.99. The number of piperidine rings is 1. The van der Waals surface area contributed by atoms with Gasteiger partial charge in [-0.2, -0.15) is 10.5 Å². The van der Waals surface area contributed by atoms with Gasteiger partial charge in [-0.3, -0.25) is 4.79 Å². The fourth-order valence-corrected chi connectivity index (χ4v) is 4.35. The summed E-state index contributed by atoms with van der Waals surface area (Å²) in [6, 6.07) is 7.90. The maximum Gasteiger partial charge on any atom is 0.237 e. The van der Waals surface area contributed by atoms with Gasteiger partial charge in [-0.25, -0.2) is 8.78 Å². The van der Waals surface area contributed by atoms with Crippen molar-refractivity contribution < 1.29 is 13.6 Å². The Kier molecular flexibility index (Phi) is 4.45. The van der Waals surface area contributed by atoms with Crippen LogP contribution in [-0.4, -0.2) is 55.2 Å². The van der Waals surface area contributed by atoms with Crippen molar-refractivity contribution >= 4 is 11.6 Å². The van der Waals surface area contributed by atoms with Gasteiger partial charge < -0.3 is 15.1 Å². The number of alkyl halides is 1. The van der Waals surface area contributed by atoms with Gasteiger partial charge in [0.05, 0.1) is 36.5 Å².